The number of hydrogen-bond acceptors (Lipinski definition) is 8. The van der Waals surface area contributed by atoms with E-state index in [1.807, 2.05) is 30.9 Å². The zero-order valence-electron chi connectivity index (χ0n) is 16.2. The number of aryl methyl sites for hydroxylation is 2. The number of fused-ring (bicyclic) bond motifs is 2. The molecule has 0 aromatic carbocycles. The Balaban J connectivity index is 1.60. The van der Waals surface area contributed by atoms with E-state index in [1.54, 1.807) is 28.4 Å². The highest BCUT2D eigenvalue weighted by Crippen LogP contribution is 2.27. The summed E-state index contributed by atoms with van der Waals surface area (Å²) in [7, 11) is 1.75. The van der Waals surface area contributed by atoms with Gasteiger partial charge in [-0.05, 0) is 18.6 Å². The van der Waals surface area contributed by atoms with Crippen LogP contribution in [0.2, 0.25) is 0 Å². The molecule has 29 heavy (non-hydrogen) atoms. The third-order valence-electron chi connectivity index (χ3n) is 5.19. The van der Waals surface area contributed by atoms with E-state index in [9.17, 15) is 4.79 Å². The van der Waals surface area contributed by atoms with Gasteiger partial charge in [0.05, 0.1) is 29.3 Å². The van der Waals surface area contributed by atoms with Gasteiger partial charge < -0.3 is 14.8 Å². The van der Waals surface area contributed by atoms with E-state index in [4.69, 9.17) is 4.98 Å². The van der Waals surface area contributed by atoms with Crippen molar-refractivity contribution in [2.75, 3.05) is 34.8 Å². The highest BCUT2D eigenvalue weighted by molar-refractivity contribution is 7.99. The quantitative estimate of drug-likeness (QED) is 0.550. The van der Waals surface area contributed by atoms with Gasteiger partial charge in [0.2, 0.25) is 5.95 Å². The first kappa shape index (κ1) is 17.9. The average molecular weight is 408 g/mol. The number of aromatic nitrogens is 6. The van der Waals surface area contributed by atoms with Crippen molar-refractivity contribution in [3.63, 3.8) is 0 Å². The maximum Gasteiger partial charge on any atom is 0.252 e. The van der Waals surface area contributed by atoms with Crippen LogP contribution in [-0.4, -0.2) is 53.7 Å². The van der Waals surface area contributed by atoms with Crippen LogP contribution in [0.15, 0.2) is 35.6 Å². The van der Waals surface area contributed by atoms with E-state index < -0.39 is 0 Å². The maximum atomic E-state index is 12.5. The van der Waals surface area contributed by atoms with Crippen molar-refractivity contribution in [1.82, 2.24) is 29.1 Å². The van der Waals surface area contributed by atoms with Gasteiger partial charge in [0.1, 0.15) is 11.8 Å². The van der Waals surface area contributed by atoms with Crippen LogP contribution in [0.1, 0.15) is 5.56 Å². The fraction of sp³-hybridized carbons (Fsp3) is 0.316. The first-order valence-electron chi connectivity index (χ1n) is 9.36. The van der Waals surface area contributed by atoms with Gasteiger partial charge in [-0.3, -0.25) is 4.79 Å². The molecule has 0 unspecified atom stereocenters. The lowest BCUT2D eigenvalue weighted by atomic mass is 10.2. The third kappa shape index (κ3) is 3.19. The Kier molecular flexibility index (Phi) is 4.35. The molecular formula is C19H20N8OS. The van der Waals surface area contributed by atoms with Crippen LogP contribution in [0.25, 0.3) is 16.7 Å². The second kappa shape index (κ2) is 7.03. The fourth-order valence-electron chi connectivity index (χ4n) is 3.52. The summed E-state index contributed by atoms with van der Waals surface area (Å²) in [5, 5.41) is 7.48. The Morgan fingerprint density at radius 1 is 1.17 bits per heavy atom. The van der Waals surface area contributed by atoms with Gasteiger partial charge in [-0.15, -0.1) is 0 Å². The van der Waals surface area contributed by atoms with Gasteiger partial charge in [-0.1, -0.05) is 0 Å². The monoisotopic (exact) mass is 408 g/mol. The minimum atomic E-state index is -0.0532. The molecular weight excluding hydrogens is 388 g/mol. The normalized spacial score (nSPS) is 14.6. The van der Waals surface area contributed by atoms with E-state index in [0.29, 0.717) is 5.95 Å². The number of pyridine rings is 2. The number of thioether (sulfide) groups is 1. The summed E-state index contributed by atoms with van der Waals surface area (Å²) in [5.41, 5.74) is 4.97. The molecule has 9 nitrogen and oxygen atoms in total. The Hall–Kier alpha value is -3.14. The summed E-state index contributed by atoms with van der Waals surface area (Å²) in [6, 6.07) is 3.64. The Morgan fingerprint density at radius 3 is 2.83 bits per heavy atom. The van der Waals surface area contributed by atoms with Gasteiger partial charge >= 0.3 is 0 Å². The topological polar surface area (TPSA) is 93.2 Å². The maximum absolute atomic E-state index is 12.5. The number of rotatable bonds is 3. The zero-order chi connectivity index (χ0) is 20.0. The molecule has 1 saturated heterocycles. The molecule has 1 N–H and O–H groups in total. The lowest BCUT2D eigenvalue weighted by Gasteiger charge is -2.29. The average Bonchev–Trinajstić information content (AvgIpc) is 3.18. The molecule has 1 fully saturated rings. The molecule has 148 valence electrons. The second-order valence-electron chi connectivity index (χ2n) is 7.01. The van der Waals surface area contributed by atoms with E-state index >= 15 is 0 Å². The summed E-state index contributed by atoms with van der Waals surface area (Å²) < 4.78 is 3.30. The zero-order valence-corrected chi connectivity index (χ0v) is 17.0. The van der Waals surface area contributed by atoms with Crippen LogP contribution >= 0.6 is 11.8 Å². The Labute approximate surface area is 170 Å². The Bertz CT molecular complexity index is 1270. The van der Waals surface area contributed by atoms with Gasteiger partial charge in [0, 0.05) is 37.7 Å². The van der Waals surface area contributed by atoms with Crippen LogP contribution < -0.4 is 15.8 Å². The molecule has 4 aromatic rings. The smallest absolute Gasteiger partial charge is 0.252 e. The van der Waals surface area contributed by atoms with Gasteiger partial charge in [0.25, 0.3) is 5.56 Å². The number of anilines is 3. The van der Waals surface area contributed by atoms with Crippen molar-refractivity contribution in [2.45, 2.75) is 6.92 Å². The summed E-state index contributed by atoms with van der Waals surface area (Å²) in [6.07, 6.45) is 5.10. The fourth-order valence-corrected chi connectivity index (χ4v) is 4.43. The van der Waals surface area contributed by atoms with Crippen molar-refractivity contribution in [3.05, 3.63) is 46.8 Å². The molecule has 0 saturated carbocycles. The predicted octanol–water partition coefficient (Wildman–Crippen LogP) is 1.98. The summed E-state index contributed by atoms with van der Waals surface area (Å²) >= 11 is 1.93. The molecule has 5 rings (SSSR count). The number of nitrogens with one attached hydrogen (secondary N) is 1. The molecule has 0 atom stereocenters. The molecule has 0 amide bonds. The van der Waals surface area contributed by atoms with Crippen LogP contribution in [0.3, 0.4) is 0 Å². The largest absolute Gasteiger partial charge is 0.368 e. The van der Waals surface area contributed by atoms with Crippen LogP contribution in [-0.2, 0) is 7.05 Å². The van der Waals surface area contributed by atoms with Crippen molar-refractivity contribution in [3.8, 4) is 0 Å². The van der Waals surface area contributed by atoms with Crippen LogP contribution in [0.5, 0.6) is 0 Å². The highest BCUT2D eigenvalue weighted by Gasteiger charge is 2.18. The minimum absolute atomic E-state index is 0.0532. The predicted molar refractivity (Wildman–Crippen MR) is 115 cm³/mol. The van der Waals surface area contributed by atoms with Gasteiger partial charge in [-0.25, -0.2) is 19.5 Å². The number of hydrogen-bond donors (Lipinski definition) is 1. The standard InChI is InChI=1S/C19H20N8OS/c1-12-7-16-21-11-22-27(16)10-13(12)23-19-20-9-15-18(24-19)14(8-17(28)25(15)2)26-3-5-29-6-4-26/h7-11H,3-6H2,1-2H3,(H,20,23,24). The molecule has 0 radical (unpaired) electrons. The van der Waals surface area contributed by atoms with E-state index in [1.165, 1.54) is 6.33 Å². The second-order valence-corrected chi connectivity index (χ2v) is 8.24. The van der Waals surface area contributed by atoms with Crippen molar-refractivity contribution < 1.29 is 0 Å². The molecule has 10 heteroatoms. The SMILES string of the molecule is Cc1cc2ncnn2cc1Nc1ncc2c(n1)c(N1CCSCC1)cc(=O)n2C. The van der Waals surface area contributed by atoms with E-state index in [-0.39, 0.29) is 5.56 Å². The van der Waals surface area contributed by atoms with Crippen LogP contribution in [0, 0.1) is 6.92 Å². The molecule has 5 heterocycles. The molecule has 0 bridgehead atoms. The third-order valence-corrected chi connectivity index (χ3v) is 6.13. The first-order chi connectivity index (χ1) is 14.1. The van der Waals surface area contributed by atoms with Crippen molar-refractivity contribution >= 4 is 45.8 Å². The van der Waals surface area contributed by atoms with Crippen molar-refractivity contribution in [2.24, 2.45) is 7.05 Å². The Morgan fingerprint density at radius 2 is 2.00 bits per heavy atom. The first-order valence-corrected chi connectivity index (χ1v) is 10.5. The molecule has 4 aromatic heterocycles. The molecule has 0 aliphatic carbocycles. The van der Waals surface area contributed by atoms with E-state index in [2.05, 4.69) is 25.3 Å². The van der Waals surface area contributed by atoms with Gasteiger partial charge in [0.15, 0.2) is 5.65 Å². The minimum Gasteiger partial charge on any atom is -0.368 e. The van der Waals surface area contributed by atoms with Gasteiger partial charge in [-0.2, -0.15) is 16.9 Å². The highest BCUT2D eigenvalue weighted by atomic mass is 32.2. The summed E-state index contributed by atoms with van der Waals surface area (Å²) in [4.78, 5) is 28.1. The number of nitrogens with zero attached hydrogens (tertiary/aromatic N) is 7. The summed E-state index contributed by atoms with van der Waals surface area (Å²) in [6.45, 7) is 3.81. The molecule has 1 aliphatic heterocycles. The summed E-state index contributed by atoms with van der Waals surface area (Å²) in [5.74, 6) is 2.57. The van der Waals surface area contributed by atoms with E-state index in [0.717, 1.165) is 58.2 Å². The lowest BCUT2D eigenvalue weighted by molar-refractivity contribution is 0.845. The lowest BCUT2D eigenvalue weighted by Crippen LogP contribution is -2.34. The molecule has 0 spiro atoms. The van der Waals surface area contributed by atoms with Crippen molar-refractivity contribution in [1.29, 1.82) is 0 Å². The molecule has 1 aliphatic rings. The van der Waals surface area contributed by atoms with Crippen LogP contribution in [0.4, 0.5) is 17.3 Å².